The van der Waals surface area contributed by atoms with Crippen LogP contribution in [0.3, 0.4) is 0 Å². The van der Waals surface area contributed by atoms with E-state index in [0.29, 0.717) is 0 Å². The fourth-order valence-corrected chi connectivity index (χ4v) is 1.43. The van der Waals surface area contributed by atoms with Crippen molar-refractivity contribution in [1.29, 1.82) is 0 Å². The van der Waals surface area contributed by atoms with Gasteiger partial charge in [-0.2, -0.15) is 0 Å². The molecule has 1 heterocycles. The summed E-state index contributed by atoms with van der Waals surface area (Å²) in [5, 5.41) is 8.70. The molecular formula is C13H11NO4. The number of carbonyl (C=O) groups is 1. The van der Waals surface area contributed by atoms with Crippen LogP contribution in [0.5, 0.6) is 5.75 Å². The van der Waals surface area contributed by atoms with Crippen LogP contribution in [-0.2, 0) is 6.61 Å². The number of aromatic nitrogens is 1. The zero-order valence-electron chi connectivity index (χ0n) is 9.42. The Balaban J connectivity index is 2.11. The number of hydrogen-bond donors (Lipinski definition) is 2. The molecule has 0 bridgehead atoms. The molecule has 1 aromatic heterocycles. The summed E-state index contributed by atoms with van der Waals surface area (Å²) < 4.78 is 5.32. The zero-order chi connectivity index (χ0) is 13.0. The van der Waals surface area contributed by atoms with Crippen LogP contribution in [0.2, 0.25) is 0 Å². The standard InChI is InChI=1S/C13H11NO4/c15-11-6-10(13(16)17)14-7-12(11)18-8-9-4-2-1-3-5-9/h1-7H,8H2,(H,14,15)(H,16,17). The highest BCUT2D eigenvalue weighted by atomic mass is 16.5. The Morgan fingerprint density at radius 1 is 1.28 bits per heavy atom. The molecule has 0 amide bonds. The van der Waals surface area contributed by atoms with E-state index in [9.17, 15) is 9.59 Å². The minimum atomic E-state index is -1.18. The third-order valence-electron chi connectivity index (χ3n) is 2.34. The third-order valence-corrected chi connectivity index (χ3v) is 2.34. The van der Waals surface area contributed by atoms with Gasteiger partial charge in [0, 0.05) is 12.3 Å². The van der Waals surface area contributed by atoms with Gasteiger partial charge in [0.1, 0.15) is 12.3 Å². The van der Waals surface area contributed by atoms with Crippen LogP contribution in [0.4, 0.5) is 0 Å². The van der Waals surface area contributed by atoms with E-state index in [1.807, 2.05) is 30.3 Å². The second-order valence-electron chi connectivity index (χ2n) is 3.65. The lowest BCUT2D eigenvalue weighted by Crippen LogP contribution is -2.12. The normalized spacial score (nSPS) is 10.0. The van der Waals surface area contributed by atoms with Gasteiger partial charge in [-0.15, -0.1) is 0 Å². The van der Waals surface area contributed by atoms with Crippen molar-refractivity contribution in [1.82, 2.24) is 4.98 Å². The van der Waals surface area contributed by atoms with Gasteiger partial charge in [0.15, 0.2) is 5.75 Å². The van der Waals surface area contributed by atoms with Crippen LogP contribution in [0.1, 0.15) is 16.1 Å². The summed E-state index contributed by atoms with van der Waals surface area (Å²) in [6.07, 6.45) is 1.26. The number of nitrogens with one attached hydrogen (secondary N) is 1. The van der Waals surface area contributed by atoms with E-state index in [-0.39, 0.29) is 18.1 Å². The van der Waals surface area contributed by atoms with Crippen molar-refractivity contribution < 1.29 is 14.6 Å². The highest BCUT2D eigenvalue weighted by Gasteiger charge is 2.07. The molecular weight excluding hydrogens is 234 g/mol. The zero-order valence-corrected chi connectivity index (χ0v) is 9.42. The average Bonchev–Trinajstić information content (AvgIpc) is 2.38. The molecule has 0 spiro atoms. The molecule has 2 rings (SSSR count). The van der Waals surface area contributed by atoms with E-state index in [1.54, 1.807) is 0 Å². The lowest BCUT2D eigenvalue weighted by atomic mass is 10.2. The molecule has 5 nitrogen and oxygen atoms in total. The molecule has 1 aromatic carbocycles. The molecule has 0 aliphatic carbocycles. The summed E-state index contributed by atoms with van der Waals surface area (Å²) in [4.78, 5) is 24.7. The predicted molar refractivity (Wildman–Crippen MR) is 64.8 cm³/mol. The Kier molecular flexibility index (Phi) is 3.43. The smallest absolute Gasteiger partial charge is 0.352 e. The Hall–Kier alpha value is -2.56. The summed E-state index contributed by atoms with van der Waals surface area (Å²) in [5.74, 6) is -1.08. The largest absolute Gasteiger partial charge is 0.483 e. The van der Waals surface area contributed by atoms with Crippen molar-refractivity contribution >= 4 is 5.97 Å². The monoisotopic (exact) mass is 245 g/mol. The van der Waals surface area contributed by atoms with Gasteiger partial charge in [-0.05, 0) is 5.56 Å². The quantitative estimate of drug-likeness (QED) is 0.858. The molecule has 0 aliphatic rings. The van der Waals surface area contributed by atoms with Gasteiger partial charge < -0.3 is 14.8 Å². The first-order valence-corrected chi connectivity index (χ1v) is 5.29. The van der Waals surface area contributed by atoms with E-state index in [2.05, 4.69) is 4.98 Å². The topological polar surface area (TPSA) is 79.4 Å². The van der Waals surface area contributed by atoms with Crippen molar-refractivity contribution in [3.63, 3.8) is 0 Å². The first-order chi connectivity index (χ1) is 8.66. The highest BCUT2D eigenvalue weighted by Crippen LogP contribution is 2.06. The molecule has 5 heteroatoms. The first-order valence-electron chi connectivity index (χ1n) is 5.29. The molecule has 18 heavy (non-hydrogen) atoms. The van der Waals surface area contributed by atoms with Gasteiger partial charge >= 0.3 is 5.97 Å². The van der Waals surface area contributed by atoms with Crippen LogP contribution >= 0.6 is 0 Å². The number of aromatic amines is 1. The second-order valence-corrected chi connectivity index (χ2v) is 3.65. The van der Waals surface area contributed by atoms with Crippen LogP contribution in [0, 0.1) is 0 Å². The molecule has 0 radical (unpaired) electrons. The Bertz CT molecular complexity index is 604. The minimum absolute atomic E-state index is 0.101. The highest BCUT2D eigenvalue weighted by molar-refractivity contribution is 5.85. The maximum Gasteiger partial charge on any atom is 0.352 e. The van der Waals surface area contributed by atoms with E-state index in [1.165, 1.54) is 6.20 Å². The molecule has 0 fully saturated rings. The minimum Gasteiger partial charge on any atom is -0.483 e. The molecule has 0 unspecified atom stereocenters. The number of carboxylic acid groups (broad SMARTS) is 1. The van der Waals surface area contributed by atoms with Gasteiger partial charge in [-0.25, -0.2) is 4.79 Å². The summed E-state index contributed by atoms with van der Waals surface area (Å²) in [6, 6.07) is 10.4. The van der Waals surface area contributed by atoms with Crippen LogP contribution < -0.4 is 10.2 Å². The van der Waals surface area contributed by atoms with Gasteiger partial charge in [0.2, 0.25) is 5.43 Å². The third kappa shape index (κ3) is 2.76. The number of ether oxygens (including phenoxy) is 1. The van der Waals surface area contributed by atoms with Crippen molar-refractivity contribution in [3.05, 3.63) is 64.1 Å². The maximum absolute atomic E-state index is 11.6. The molecule has 0 saturated heterocycles. The summed E-state index contributed by atoms with van der Waals surface area (Å²) >= 11 is 0. The summed E-state index contributed by atoms with van der Waals surface area (Å²) in [5.41, 5.74) is 0.313. The van der Waals surface area contributed by atoms with Crippen LogP contribution in [-0.4, -0.2) is 16.1 Å². The number of hydrogen-bond acceptors (Lipinski definition) is 3. The number of rotatable bonds is 4. The molecule has 2 N–H and O–H groups in total. The van der Waals surface area contributed by atoms with Crippen molar-refractivity contribution in [3.8, 4) is 5.75 Å². The first kappa shape index (κ1) is 11.9. The van der Waals surface area contributed by atoms with Crippen molar-refractivity contribution in [2.45, 2.75) is 6.61 Å². The fourth-order valence-electron chi connectivity index (χ4n) is 1.43. The van der Waals surface area contributed by atoms with E-state index in [4.69, 9.17) is 9.84 Å². The maximum atomic E-state index is 11.6. The SMILES string of the molecule is O=C(O)c1cc(=O)c(OCc2ccccc2)c[nH]1. The Morgan fingerprint density at radius 2 is 2.00 bits per heavy atom. The number of pyridine rings is 1. The molecule has 2 aromatic rings. The van der Waals surface area contributed by atoms with Gasteiger partial charge in [-0.1, -0.05) is 30.3 Å². The lowest BCUT2D eigenvalue weighted by Gasteiger charge is -2.05. The van der Waals surface area contributed by atoms with Gasteiger partial charge in [0.05, 0.1) is 0 Å². The molecule has 0 atom stereocenters. The second kappa shape index (κ2) is 5.18. The summed E-state index contributed by atoms with van der Waals surface area (Å²) in [7, 11) is 0. The lowest BCUT2D eigenvalue weighted by molar-refractivity contribution is 0.0690. The Labute approximate surface area is 103 Å². The predicted octanol–water partition coefficient (Wildman–Crippen LogP) is 1.65. The van der Waals surface area contributed by atoms with E-state index in [0.717, 1.165) is 11.6 Å². The number of carboxylic acids is 1. The van der Waals surface area contributed by atoms with Gasteiger partial charge in [-0.3, -0.25) is 4.79 Å². The Morgan fingerprint density at radius 3 is 2.61 bits per heavy atom. The van der Waals surface area contributed by atoms with Crippen LogP contribution in [0.15, 0.2) is 47.4 Å². The molecule has 0 aliphatic heterocycles. The number of H-pyrrole nitrogens is 1. The summed E-state index contributed by atoms with van der Waals surface area (Å²) in [6.45, 7) is 0.260. The average molecular weight is 245 g/mol. The van der Waals surface area contributed by atoms with Crippen molar-refractivity contribution in [2.24, 2.45) is 0 Å². The molecule has 0 saturated carbocycles. The fraction of sp³-hybridized carbons (Fsp3) is 0.0769. The number of benzene rings is 1. The van der Waals surface area contributed by atoms with E-state index >= 15 is 0 Å². The van der Waals surface area contributed by atoms with Crippen molar-refractivity contribution in [2.75, 3.05) is 0 Å². The van der Waals surface area contributed by atoms with E-state index < -0.39 is 11.4 Å². The van der Waals surface area contributed by atoms with Gasteiger partial charge in [0.25, 0.3) is 0 Å². The number of aromatic carboxylic acids is 1. The van der Waals surface area contributed by atoms with Crippen LogP contribution in [0.25, 0.3) is 0 Å². The molecule has 92 valence electrons.